The SMILES string of the molecule is CCCCCCCCCCC(CCCCCCCCC(=O)OCCCC(CCCCC)CCCCC)COC(=O)C1CCN(C)CC1. The van der Waals surface area contributed by atoms with Crippen LogP contribution in [0.25, 0.3) is 0 Å². The topological polar surface area (TPSA) is 55.8 Å². The fourth-order valence-electron chi connectivity index (χ4n) is 7.28. The molecule has 1 aliphatic rings. The third-order valence-electron chi connectivity index (χ3n) is 10.7. The van der Waals surface area contributed by atoms with Gasteiger partial charge in [-0.15, -0.1) is 0 Å². The Kier molecular flexibility index (Phi) is 30.0. The van der Waals surface area contributed by atoms with Gasteiger partial charge in [-0.25, -0.2) is 0 Å². The van der Waals surface area contributed by atoms with Gasteiger partial charge in [0.2, 0.25) is 0 Å². The maximum Gasteiger partial charge on any atom is 0.309 e. The minimum atomic E-state index is -0.00267. The minimum Gasteiger partial charge on any atom is -0.466 e. The molecule has 5 heteroatoms. The average Bonchev–Trinajstić information content (AvgIpc) is 3.07. The van der Waals surface area contributed by atoms with Crippen LogP contribution in [0.3, 0.4) is 0 Å². The summed E-state index contributed by atoms with van der Waals surface area (Å²) in [4.78, 5) is 27.3. The minimum absolute atomic E-state index is 0.00267. The van der Waals surface area contributed by atoms with Gasteiger partial charge in [-0.05, 0) is 76.9 Å². The molecule has 47 heavy (non-hydrogen) atoms. The van der Waals surface area contributed by atoms with Gasteiger partial charge < -0.3 is 14.4 Å². The number of likely N-dealkylation sites (tertiary alicyclic amines) is 1. The monoisotopic (exact) mass is 664 g/mol. The highest BCUT2D eigenvalue weighted by Gasteiger charge is 2.25. The molecule has 0 radical (unpaired) electrons. The van der Waals surface area contributed by atoms with E-state index in [-0.39, 0.29) is 17.9 Å². The Labute approximate surface area is 293 Å². The average molecular weight is 664 g/mol. The van der Waals surface area contributed by atoms with Crippen molar-refractivity contribution in [3.63, 3.8) is 0 Å². The summed E-state index contributed by atoms with van der Waals surface area (Å²) >= 11 is 0. The zero-order chi connectivity index (χ0) is 34.2. The molecular formula is C42H81NO4. The van der Waals surface area contributed by atoms with Crippen LogP contribution in [0.5, 0.6) is 0 Å². The summed E-state index contributed by atoms with van der Waals surface area (Å²) in [6.45, 7) is 10.1. The number of carbonyl (C=O) groups excluding carboxylic acids is 2. The smallest absolute Gasteiger partial charge is 0.309 e. The summed E-state index contributed by atoms with van der Waals surface area (Å²) < 4.78 is 11.5. The Balaban J connectivity index is 2.19. The van der Waals surface area contributed by atoms with Crippen LogP contribution >= 0.6 is 0 Å². The number of piperidine rings is 1. The van der Waals surface area contributed by atoms with Gasteiger partial charge >= 0.3 is 11.9 Å². The molecule has 1 fully saturated rings. The van der Waals surface area contributed by atoms with Crippen LogP contribution in [-0.4, -0.2) is 50.2 Å². The van der Waals surface area contributed by atoms with Gasteiger partial charge in [-0.3, -0.25) is 9.59 Å². The molecule has 0 saturated carbocycles. The van der Waals surface area contributed by atoms with Crippen molar-refractivity contribution in [1.29, 1.82) is 0 Å². The lowest BCUT2D eigenvalue weighted by Crippen LogP contribution is -2.34. The predicted octanol–water partition coefficient (Wildman–Crippen LogP) is 12.2. The third-order valence-corrected chi connectivity index (χ3v) is 10.7. The van der Waals surface area contributed by atoms with Crippen molar-refractivity contribution < 1.29 is 19.1 Å². The number of unbranched alkanes of at least 4 members (excludes halogenated alkanes) is 16. The normalized spacial score (nSPS) is 14.9. The number of esters is 2. The molecule has 1 rings (SSSR count). The highest BCUT2D eigenvalue weighted by molar-refractivity contribution is 5.72. The van der Waals surface area contributed by atoms with Crippen LogP contribution in [0.15, 0.2) is 0 Å². The van der Waals surface area contributed by atoms with Crippen LogP contribution in [0.2, 0.25) is 0 Å². The Morgan fingerprint density at radius 1 is 0.553 bits per heavy atom. The van der Waals surface area contributed by atoms with E-state index in [0.717, 1.165) is 51.1 Å². The second-order valence-corrected chi connectivity index (χ2v) is 15.2. The molecule has 278 valence electrons. The van der Waals surface area contributed by atoms with E-state index in [2.05, 4.69) is 32.7 Å². The van der Waals surface area contributed by atoms with E-state index in [0.29, 0.717) is 25.6 Å². The lowest BCUT2D eigenvalue weighted by molar-refractivity contribution is -0.151. The molecule has 1 atom stereocenters. The molecule has 0 amide bonds. The van der Waals surface area contributed by atoms with Crippen molar-refractivity contribution in [3.05, 3.63) is 0 Å². The molecular weight excluding hydrogens is 582 g/mol. The summed E-state index contributed by atoms with van der Waals surface area (Å²) in [5.74, 6) is 1.46. The van der Waals surface area contributed by atoms with Crippen molar-refractivity contribution in [2.24, 2.45) is 17.8 Å². The molecule has 5 nitrogen and oxygen atoms in total. The summed E-state index contributed by atoms with van der Waals surface area (Å²) in [5, 5.41) is 0. The van der Waals surface area contributed by atoms with E-state index in [1.54, 1.807) is 0 Å². The Bertz CT molecular complexity index is 695. The summed E-state index contributed by atoms with van der Waals surface area (Å²) in [6, 6.07) is 0. The Morgan fingerprint density at radius 2 is 0.979 bits per heavy atom. The molecule has 0 bridgehead atoms. The molecule has 1 unspecified atom stereocenters. The van der Waals surface area contributed by atoms with Crippen molar-refractivity contribution in [2.45, 2.75) is 207 Å². The molecule has 0 spiro atoms. The van der Waals surface area contributed by atoms with E-state index in [1.165, 1.54) is 148 Å². The summed E-state index contributed by atoms with van der Waals surface area (Å²) in [7, 11) is 2.14. The highest BCUT2D eigenvalue weighted by Crippen LogP contribution is 2.24. The third kappa shape index (κ3) is 26.4. The fraction of sp³-hybridized carbons (Fsp3) is 0.952. The summed E-state index contributed by atoms with van der Waals surface area (Å²) in [6.07, 6.45) is 35.4. The first-order chi connectivity index (χ1) is 23.0. The molecule has 0 aromatic carbocycles. The van der Waals surface area contributed by atoms with Gasteiger partial charge in [0, 0.05) is 6.42 Å². The quantitative estimate of drug-likeness (QED) is 0.0516. The van der Waals surface area contributed by atoms with Crippen molar-refractivity contribution in [2.75, 3.05) is 33.4 Å². The molecule has 0 aromatic rings. The van der Waals surface area contributed by atoms with E-state index in [1.807, 2.05) is 0 Å². The van der Waals surface area contributed by atoms with Crippen molar-refractivity contribution >= 4 is 11.9 Å². The van der Waals surface area contributed by atoms with Crippen molar-refractivity contribution in [1.82, 2.24) is 4.90 Å². The highest BCUT2D eigenvalue weighted by atomic mass is 16.5. The van der Waals surface area contributed by atoms with E-state index in [9.17, 15) is 9.59 Å². The zero-order valence-corrected chi connectivity index (χ0v) is 32.1. The lowest BCUT2D eigenvalue weighted by Gasteiger charge is -2.28. The first-order valence-electron chi connectivity index (χ1n) is 21.0. The van der Waals surface area contributed by atoms with Crippen LogP contribution in [0, 0.1) is 17.8 Å². The number of ether oxygens (including phenoxy) is 2. The molecule has 0 aliphatic carbocycles. The van der Waals surface area contributed by atoms with Crippen LogP contribution < -0.4 is 0 Å². The van der Waals surface area contributed by atoms with Gasteiger partial charge in [0.25, 0.3) is 0 Å². The second-order valence-electron chi connectivity index (χ2n) is 15.2. The van der Waals surface area contributed by atoms with E-state index < -0.39 is 0 Å². The molecule has 0 N–H and O–H groups in total. The van der Waals surface area contributed by atoms with Gasteiger partial charge in [0.1, 0.15) is 0 Å². The predicted molar refractivity (Wildman–Crippen MR) is 201 cm³/mol. The molecule has 1 saturated heterocycles. The van der Waals surface area contributed by atoms with Crippen LogP contribution in [-0.2, 0) is 19.1 Å². The fourth-order valence-corrected chi connectivity index (χ4v) is 7.28. The largest absolute Gasteiger partial charge is 0.466 e. The Hall–Kier alpha value is -1.10. The number of nitrogens with zero attached hydrogens (tertiary/aromatic N) is 1. The van der Waals surface area contributed by atoms with Gasteiger partial charge in [0.05, 0.1) is 19.1 Å². The number of rotatable bonds is 33. The van der Waals surface area contributed by atoms with Gasteiger partial charge in [-0.2, -0.15) is 0 Å². The second kappa shape index (κ2) is 32.1. The summed E-state index contributed by atoms with van der Waals surface area (Å²) in [5.41, 5.74) is 0. The standard InChI is InChI=1S/C42H81NO4/c1-5-8-11-12-13-14-17-22-28-39(37-47-42(45)40-32-34-43(4)35-33-40)29-23-18-15-16-19-24-31-41(44)46-36-25-30-38(26-20-9-6-2)27-21-10-7-3/h38-40H,5-37H2,1-4H3. The maximum atomic E-state index is 12.8. The molecule has 1 heterocycles. The first-order valence-corrected chi connectivity index (χ1v) is 21.0. The Morgan fingerprint density at radius 3 is 1.53 bits per heavy atom. The van der Waals surface area contributed by atoms with E-state index >= 15 is 0 Å². The number of hydrogen-bond acceptors (Lipinski definition) is 5. The van der Waals surface area contributed by atoms with Crippen LogP contribution in [0.1, 0.15) is 207 Å². The molecule has 0 aromatic heterocycles. The first kappa shape index (κ1) is 43.9. The number of hydrogen-bond donors (Lipinski definition) is 0. The molecule has 1 aliphatic heterocycles. The lowest BCUT2D eigenvalue weighted by atomic mass is 9.91. The van der Waals surface area contributed by atoms with Crippen LogP contribution in [0.4, 0.5) is 0 Å². The zero-order valence-electron chi connectivity index (χ0n) is 32.1. The van der Waals surface area contributed by atoms with Crippen molar-refractivity contribution in [3.8, 4) is 0 Å². The number of carbonyl (C=O) groups is 2. The van der Waals surface area contributed by atoms with E-state index in [4.69, 9.17) is 9.47 Å². The van der Waals surface area contributed by atoms with Gasteiger partial charge in [0.15, 0.2) is 0 Å². The van der Waals surface area contributed by atoms with Gasteiger partial charge in [-0.1, -0.05) is 156 Å². The maximum absolute atomic E-state index is 12.8.